The van der Waals surface area contributed by atoms with E-state index in [0.29, 0.717) is 6.42 Å². The molecule has 0 radical (unpaired) electrons. The van der Waals surface area contributed by atoms with E-state index in [0.717, 1.165) is 13.0 Å². The van der Waals surface area contributed by atoms with Crippen molar-refractivity contribution in [1.82, 2.24) is 5.32 Å². The van der Waals surface area contributed by atoms with Crippen LogP contribution in [0.5, 0.6) is 0 Å². The molecule has 0 aliphatic heterocycles. The van der Waals surface area contributed by atoms with Crippen LogP contribution in [0.3, 0.4) is 0 Å². The van der Waals surface area contributed by atoms with Crippen LogP contribution in [0.4, 0.5) is 0 Å². The Hall–Kier alpha value is -0.570. The van der Waals surface area contributed by atoms with Crippen molar-refractivity contribution in [3.05, 3.63) is 0 Å². The Labute approximate surface area is 119 Å². The fourth-order valence-electron chi connectivity index (χ4n) is 2.26. The van der Waals surface area contributed by atoms with Crippen molar-refractivity contribution in [3.8, 4) is 0 Å². The van der Waals surface area contributed by atoms with Crippen LogP contribution in [0.2, 0.25) is 0 Å². The third kappa shape index (κ3) is 15.4. The van der Waals surface area contributed by atoms with Crippen molar-refractivity contribution in [2.45, 2.75) is 77.0 Å². The molecule has 114 valence electrons. The van der Waals surface area contributed by atoms with Gasteiger partial charge in [-0.2, -0.15) is 0 Å². The maximum atomic E-state index is 10.9. The molecule has 0 aromatic rings. The Morgan fingerprint density at radius 3 is 1.63 bits per heavy atom. The fourth-order valence-corrected chi connectivity index (χ4v) is 2.26. The molecule has 0 fully saturated rings. The Morgan fingerprint density at radius 2 is 1.21 bits per heavy atom. The van der Waals surface area contributed by atoms with Crippen molar-refractivity contribution in [3.63, 3.8) is 0 Å². The maximum absolute atomic E-state index is 10.9. The fraction of sp³-hybridized carbons (Fsp3) is 0.938. The molecule has 0 bridgehead atoms. The number of esters is 1. The van der Waals surface area contributed by atoms with Crippen LogP contribution >= 0.6 is 0 Å². The van der Waals surface area contributed by atoms with E-state index >= 15 is 0 Å². The van der Waals surface area contributed by atoms with Crippen LogP contribution in [-0.2, 0) is 9.53 Å². The Morgan fingerprint density at radius 1 is 0.789 bits per heavy atom. The molecule has 0 spiro atoms. The van der Waals surface area contributed by atoms with Gasteiger partial charge in [-0.1, -0.05) is 57.8 Å². The normalized spacial score (nSPS) is 10.6. The molecule has 0 saturated heterocycles. The molecule has 3 nitrogen and oxygen atoms in total. The molecule has 19 heavy (non-hydrogen) atoms. The topological polar surface area (TPSA) is 38.3 Å². The molecule has 0 aromatic carbocycles. The molecule has 0 aliphatic rings. The number of hydrogen-bond acceptors (Lipinski definition) is 3. The number of methoxy groups -OCH3 is 1. The van der Waals surface area contributed by atoms with Gasteiger partial charge in [0.25, 0.3) is 0 Å². The second-order valence-corrected chi connectivity index (χ2v) is 5.32. The molecular weight excluding hydrogens is 238 g/mol. The van der Waals surface area contributed by atoms with Gasteiger partial charge in [0.05, 0.1) is 7.11 Å². The number of carbonyl (C=O) groups is 1. The lowest BCUT2D eigenvalue weighted by Crippen LogP contribution is -2.06. The summed E-state index contributed by atoms with van der Waals surface area (Å²) in [5.41, 5.74) is 0. The molecule has 1 N–H and O–H groups in total. The van der Waals surface area contributed by atoms with Crippen LogP contribution in [0.1, 0.15) is 77.0 Å². The first kappa shape index (κ1) is 18.4. The Kier molecular flexibility index (Phi) is 15.0. The summed E-state index contributed by atoms with van der Waals surface area (Å²) in [7, 11) is 3.48. The molecule has 0 atom stereocenters. The van der Waals surface area contributed by atoms with Crippen LogP contribution in [0.15, 0.2) is 0 Å². The zero-order valence-corrected chi connectivity index (χ0v) is 13.0. The second kappa shape index (κ2) is 15.5. The maximum Gasteiger partial charge on any atom is 0.305 e. The van der Waals surface area contributed by atoms with Crippen molar-refractivity contribution in [2.75, 3.05) is 20.7 Å². The molecular formula is C16H33NO2. The molecule has 0 rings (SSSR count). The van der Waals surface area contributed by atoms with E-state index in [4.69, 9.17) is 0 Å². The van der Waals surface area contributed by atoms with Crippen molar-refractivity contribution < 1.29 is 9.53 Å². The highest BCUT2D eigenvalue weighted by molar-refractivity contribution is 5.68. The smallest absolute Gasteiger partial charge is 0.305 e. The van der Waals surface area contributed by atoms with E-state index in [1.54, 1.807) is 0 Å². The molecule has 0 aromatic heterocycles. The average molecular weight is 271 g/mol. The van der Waals surface area contributed by atoms with Gasteiger partial charge in [-0.15, -0.1) is 0 Å². The molecule has 0 aliphatic carbocycles. The summed E-state index contributed by atoms with van der Waals surface area (Å²) in [6, 6.07) is 0. The minimum absolute atomic E-state index is 0.0710. The number of unbranched alkanes of at least 4 members (excludes halogenated alkanes) is 10. The van der Waals surface area contributed by atoms with E-state index < -0.39 is 0 Å². The highest BCUT2D eigenvalue weighted by Crippen LogP contribution is 2.11. The van der Waals surface area contributed by atoms with Crippen LogP contribution in [0.25, 0.3) is 0 Å². The number of carbonyl (C=O) groups excluding carboxylic acids is 1. The third-order valence-corrected chi connectivity index (χ3v) is 3.54. The Balaban J connectivity index is 2.97. The molecule has 0 amide bonds. The third-order valence-electron chi connectivity index (χ3n) is 3.54. The first-order valence-electron chi connectivity index (χ1n) is 8.02. The van der Waals surface area contributed by atoms with Gasteiger partial charge in [0, 0.05) is 6.42 Å². The molecule has 3 heteroatoms. The minimum Gasteiger partial charge on any atom is -0.469 e. The van der Waals surface area contributed by atoms with Crippen LogP contribution in [0, 0.1) is 0 Å². The lowest BCUT2D eigenvalue weighted by Gasteiger charge is -2.03. The van der Waals surface area contributed by atoms with Gasteiger partial charge in [-0.25, -0.2) is 0 Å². The molecule has 0 heterocycles. The number of rotatable bonds is 14. The van der Waals surface area contributed by atoms with E-state index in [1.807, 2.05) is 7.05 Å². The van der Waals surface area contributed by atoms with E-state index in [1.165, 1.54) is 71.3 Å². The molecule has 0 saturated carbocycles. The number of nitrogens with one attached hydrogen (secondary N) is 1. The summed E-state index contributed by atoms with van der Waals surface area (Å²) in [5, 5.41) is 3.18. The second-order valence-electron chi connectivity index (χ2n) is 5.32. The lowest BCUT2D eigenvalue weighted by molar-refractivity contribution is -0.140. The highest BCUT2D eigenvalue weighted by Gasteiger charge is 1.99. The number of hydrogen-bond donors (Lipinski definition) is 1. The van der Waals surface area contributed by atoms with E-state index in [2.05, 4.69) is 10.1 Å². The zero-order valence-electron chi connectivity index (χ0n) is 13.0. The van der Waals surface area contributed by atoms with Gasteiger partial charge in [0.1, 0.15) is 0 Å². The quantitative estimate of drug-likeness (QED) is 0.382. The standard InChI is InChI=1S/C16H33NO2/c1-17-15-13-11-9-7-5-3-4-6-8-10-12-14-16(18)19-2/h17H,3-15H2,1-2H3. The van der Waals surface area contributed by atoms with Gasteiger partial charge < -0.3 is 10.1 Å². The largest absolute Gasteiger partial charge is 0.469 e. The minimum atomic E-state index is -0.0710. The van der Waals surface area contributed by atoms with E-state index in [-0.39, 0.29) is 5.97 Å². The predicted molar refractivity (Wildman–Crippen MR) is 81.3 cm³/mol. The Bertz CT molecular complexity index is 195. The van der Waals surface area contributed by atoms with Crippen LogP contribution in [-0.4, -0.2) is 26.7 Å². The summed E-state index contributed by atoms with van der Waals surface area (Å²) >= 11 is 0. The van der Waals surface area contributed by atoms with Crippen LogP contribution < -0.4 is 5.32 Å². The van der Waals surface area contributed by atoms with Gasteiger partial charge >= 0.3 is 5.97 Å². The monoisotopic (exact) mass is 271 g/mol. The van der Waals surface area contributed by atoms with Gasteiger partial charge in [-0.3, -0.25) is 4.79 Å². The summed E-state index contributed by atoms with van der Waals surface area (Å²) < 4.78 is 4.61. The summed E-state index contributed by atoms with van der Waals surface area (Å²) in [4.78, 5) is 10.9. The van der Waals surface area contributed by atoms with Crippen molar-refractivity contribution in [1.29, 1.82) is 0 Å². The van der Waals surface area contributed by atoms with Gasteiger partial charge in [-0.05, 0) is 26.4 Å². The van der Waals surface area contributed by atoms with Crippen molar-refractivity contribution >= 4 is 5.97 Å². The SMILES string of the molecule is CNCCCCCCCCCCCCCC(=O)OC. The first-order valence-corrected chi connectivity index (χ1v) is 8.02. The number of ether oxygens (including phenoxy) is 1. The van der Waals surface area contributed by atoms with Gasteiger partial charge in [0.15, 0.2) is 0 Å². The molecule has 0 unspecified atom stereocenters. The highest BCUT2D eigenvalue weighted by atomic mass is 16.5. The summed E-state index contributed by atoms with van der Waals surface area (Å²) in [6.45, 7) is 1.16. The van der Waals surface area contributed by atoms with Gasteiger partial charge in [0.2, 0.25) is 0 Å². The van der Waals surface area contributed by atoms with Crippen molar-refractivity contribution in [2.24, 2.45) is 0 Å². The summed E-state index contributed by atoms with van der Waals surface area (Å²) in [6.07, 6.45) is 14.9. The first-order chi connectivity index (χ1) is 9.31. The zero-order chi connectivity index (χ0) is 14.2. The lowest BCUT2D eigenvalue weighted by atomic mass is 10.1. The average Bonchev–Trinajstić information content (AvgIpc) is 2.43. The van der Waals surface area contributed by atoms with E-state index in [9.17, 15) is 4.79 Å². The summed E-state index contributed by atoms with van der Waals surface area (Å²) in [5.74, 6) is -0.0710. The predicted octanol–water partition coefficient (Wildman–Crippen LogP) is 4.06.